The third-order valence-corrected chi connectivity index (χ3v) is 2.28. The summed E-state index contributed by atoms with van der Waals surface area (Å²) < 4.78 is 18.6. The van der Waals surface area contributed by atoms with E-state index in [0.717, 1.165) is 37.0 Å². The van der Waals surface area contributed by atoms with Gasteiger partial charge in [0.1, 0.15) is 11.6 Å². The molecule has 0 aliphatic rings. The summed E-state index contributed by atoms with van der Waals surface area (Å²) in [6.45, 7) is 4.89. The Hall–Kier alpha value is -1.05. The van der Waals surface area contributed by atoms with Crippen LogP contribution < -0.4 is 4.74 Å². The molecule has 0 atom stereocenters. The first-order chi connectivity index (χ1) is 7.27. The van der Waals surface area contributed by atoms with E-state index >= 15 is 0 Å². The smallest absolute Gasteiger partial charge is 0.123 e. The molecule has 92 valence electrons. The number of hydrogen-bond donors (Lipinski definition) is 0. The average molecular weight is 226 g/mol. The molecule has 0 N–H and O–H groups in total. The van der Waals surface area contributed by atoms with Crippen molar-refractivity contribution in [1.29, 1.82) is 0 Å². The van der Waals surface area contributed by atoms with E-state index in [4.69, 9.17) is 4.74 Å². The summed E-state index contributed by atoms with van der Waals surface area (Å²) in [7, 11) is 0. The summed E-state index contributed by atoms with van der Waals surface area (Å²) in [5.74, 6) is 0.664. The Morgan fingerprint density at radius 1 is 1.19 bits per heavy atom. The van der Waals surface area contributed by atoms with E-state index in [2.05, 4.69) is 13.8 Å². The first kappa shape index (κ1) is 14.9. The lowest BCUT2D eigenvalue weighted by Crippen LogP contribution is -1.99. The maximum Gasteiger partial charge on any atom is 0.123 e. The molecule has 0 aromatic heterocycles. The van der Waals surface area contributed by atoms with E-state index < -0.39 is 0 Å². The second kappa shape index (κ2) is 8.14. The van der Waals surface area contributed by atoms with Crippen LogP contribution in [0.3, 0.4) is 0 Å². The molecule has 0 spiro atoms. The molecule has 0 saturated carbocycles. The highest BCUT2D eigenvalue weighted by molar-refractivity contribution is 5.34. The maximum atomic E-state index is 13.0. The normalized spacial score (nSPS) is 9.69. The van der Waals surface area contributed by atoms with Crippen molar-refractivity contribution in [1.82, 2.24) is 0 Å². The zero-order valence-electron chi connectivity index (χ0n) is 9.55. The minimum atomic E-state index is -0.176. The second-order valence-electron chi connectivity index (χ2n) is 3.70. The van der Waals surface area contributed by atoms with Crippen molar-refractivity contribution in [2.24, 2.45) is 0 Å². The fourth-order valence-electron chi connectivity index (χ4n) is 1.46. The topological polar surface area (TPSA) is 9.23 Å². The van der Waals surface area contributed by atoms with Crippen LogP contribution in [-0.4, -0.2) is 6.61 Å². The van der Waals surface area contributed by atoms with Crippen molar-refractivity contribution < 1.29 is 9.13 Å². The van der Waals surface area contributed by atoms with Crippen LogP contribution in [0.15, 0.2) is 18.2 Å². The highest BCUT2D eigenvalue weighted by Gasteiger charge is 2.04. The molecule has 1 aromatic carbocycles. The van der Waals surface area contributed by atoms with Gasteiger partial charge in [0, 0.05) is 0 Å². The van der Waals surface area contributed by atoms with Crippen molar-refractivity contribution in [3.05, 3.63) is 29.6 Å². The van der Waals surface area contributed by atoms with Gasteiger partial charge in [-0.2, -0.15) is 0 Å². The molecule has 16 heavy (non-hydrogen) atoms. The quantitative estimate of drug-likeness (QED) is 0.689. The van der Waals surface area contributed by atoms with Crippen LogP contribution in [-0.2, 0) is 6.42 Å². The molecule has 2 heteroatoms. The minimum Gasteiger partial charge on any atom is -0.493 e. The molecule has 0 unspecified atom stereocenters. The van der Waals surface area contributed by atoms with Crippen molar-refractivity contribution in [2.45, 2.75) is 47.0 Å². The summed E-state index contributed by atoms with van der Waals surface area (Å²) in [4.78, 5) is 0. The van der Waals surface area contributed by atoms with E-state index in [-0.39, 0.29) is 13.2 Å². The van der Waals surface area contributed by atoms with Crippen molar-refractivity contribution in [3.63, 3.8) is 0 Å². The molecular weight excluding hydrogens is 203 g/mol. The van der Waals surface area contributed by atoms with Gasteiger partial charge in [0.15, 0.2) is 0 Å². The molecule has 0 heterocycles. The van der Waals surface area contributed by atoms with Crippen molar-refractivity contribution >= 4 is 0 Å². The van der Waals surface area contributed by atoms with Crippen LogP contribution >= 0.6 is 0 Å². The lowest BCUT2D eigenvalue weighted by atomic mass is 10.1. The lowest BCUT2D eigenvalue weighted by Gasteiger charge is -2.10. The Morgan fingerprint density at radius 3 is 2.56 bits per heavy atom. The third kappa shape index (κ3) is 4.65. The fraction of sp³-hybridized carbons (Fsp3) is 0.571. The van der Waals surface area contributed by atoms with E-state index in [9.17, 15) is 4.39 Å². The molecule has 1 aromatic rings. The molecule has 1 nitrogen and oxygen atoms in total. The Bertz CT molecular complexity index is 297. The molecule has 0 aliphatic heterocycles. The van der Waals surface area contributed by atoms with Gasteiger partial charge in [0.2, 0.25) is 0 Å². The maximum absolute atomic E-state index is 13.0. The van der Waals surface area contributed by atoms with E-state index in [1.807, 2.05) is 0 Å². The van der Waals surface area contributed by atoms with Crippen LogP contribution in [0.25, 0.3) is 0 Å². The van der Waals surface area contributed by atoms with Gasteiger partial charge in [-0.15, -0.1) is 0 Å². The average Bonchev–Trinajstić information content (AvgIpc) is 2.25. The van der Waals surface area contributed by atoms with Gasteiger partial charge in [0.05, 0.1) is 6.61 Å². The van der Waals surface area contributed by atoms with E-state index in [0.29, 0.717) is 6.61 Å². The number of aryl methyl sites for hydroxylation is 1. The molecule has 0 amide bonds. The lowest BCUT2D eigenvalue weighted by molar-refractivity contribution is 0.313. The van der Waals surface area contributed by atoms with Crippen LogP contribution in [0, 0.1) is 5.82 Å². The Balaban J connectivity index is 0.00000225. The largest absolute Gasteiger partial charge is 0.493 e. The Labute approximate surface area is 98.6 Å². The Kier molecular flexibility index (Phi) is 7.61. The number of rotatable bonds is 6. The van der Waals surface area contributed by atoms with Gasteiger partial charge in [-0.1, -0.05) is 27.7 Å². The zero-order chi connectivity index (χ0) is 11.1. The number of halogens is 1. The number of unbranched alkanes of at least 4 members (excludes halogenated alkanes) is 1. The predicted molar refractivity (Wildman–Crippen MR) is 67.5 cm³/mol. The molecular formula is C14H23FO. The number of ether oxygens (including phenoxy) is 1. The molecule has 0 bridgehead atoms. The van der Waals surface area contributed by atoms with E-state index in [1.54, 1.807) is 12.1 Å². The van der Waals surface area contributed by atoms with Crippen molar-refractivity contribution in [2.75, 3.05) is 6.61 Å². The van der Waals surface area contributed by atoms with Crippen LogP contribution in [0.5, 0.6) is 5.75 Å². The zero-order valence-corrected chi connectivity index (χ0v) is 9.55. The van der Waals surface area contributed by atoms with Gasteiger partial charge < -0.3 is 4.74 Å². The van der Waals surface area contributed by atoms with Crippen LogP contribution in [0.2, 0.25) is 0 Å². The minimum absolute atomic E-state index is 0. The fourth-order valence-corrected chi connectivity index (χ4v) is 1.46. The van der Waals surface area contributed by atoms with Gasteiger partial charge in [0.25, 0.3) is 0 Å². The summed E-state index contributed by atoms with van der Waals surface area (Å²) >= 11 is 0. The van der Waals surface area contributed by atoms with Crippen molar-refractivity contribution in [3.8, 4) is 5.75 Å². The van der Waals surface area contributed by atoms with Crippen LogP contribution in [0.4, 0.5) is 4.39 Å². The van der Waals surface area contributed by atoms with Gasteiger partial charge >= 0.3 is 0 Å². The predicted octanol–water partition coefficient (Wildman–Crippen LogP) is 4.59. The summed E-state index contributed by atoms with van der Waals surface area (Å²) in [5, 5.41) is 0. The monoisotopic (exact) mass is 226 g/mol. The number of benzene rings is 1. The van der Waals surface area contributed by atoms with Gasteiger partial charge in [-0.25, -0.2) is 4.39 Å². The van der Waals surface area contributed by atoms with E-state index in [1.165, 1.54) is 6.07 Å². The summed E-state index contributed by atoms with van der Waals surface area (Å²) in [6.07, 6.45) is 4.06. The standard InChI is InChI=1S/C13H19FO.CH4/c1-3-5-6-11-10-12(14)7-8-13(11)15-9-4-2;/h7-8,10H,3-6,9H2,1-2H3;1H4. The molecule has 0 saturated heterocycles. The first-order valence-corrected chi connectivity index (χ1v) is 5.69. The molecule has 0 fully saturated rings. The molecule has 0 aliphatic carbocycles. The second-order valence-corrected chi connectivity index (χ2v) is 3.70. The summed E-state index contributed by atoms with van der Waals surface area (Å²) in [6, 6.07) is 4.77. The van der Waals surface area contributed by atoms with Crippen LogP contribution in [0.1, 0.15) is 46.1 Å². The Morgan fingerprint density at radius 2 is 1.94 bits per heavy atom. The highest BCUT2D eigenvalue weighted by atomic mass is 19.1. The first-order valence-electron chi connectivity index (χ1n) is 5.69. The molecule has 0 radical (unpaired) electrons. The third-order valence-electron chi connectivity index (χ3n) is 2.28. The number of hydrogen-bond acceptors (Lipinski definition) is 1. The van der Waals surface area contributed by atoms with Gasteiger partial charge in [-0.05, 0) is 43.0 Å². The SMILES string of the molecule is C.CCCCc1cc(F)ccc1OCCC. The molecule has 1 rings (SSSR count). The van der Waals surface area contributed by atoms with Gasteiger partial charge in [-0.3, -0.25) is 0 Å². The highest BCUT2D eigenvalue weighted by Crippen LogP contribution is 2.21. The summed E-state index contributed by atoms with van der Waals surface area (Å²) in [5.41, 5.74) is 0.991.